The molecule has 0 saturated carbocycles. The molecule has 2 amide bonds. The predicted molar refractivity (Wildman–Crippen MR) is 103 cm³/mol. The first-order valence-corrected chi connectivity index (χ1v) is 8.98. The molecule has 3 aromatic rings. The topological polar surface area (TPSA) is 84.7 Å². The number of rotatable bonds is 4. The van der Waals surface area contributed by atoms with E-state index in [4.69, 9.17) is 9.26 Å². The molecule has 8 heteroatoms. The summed E-state index contributed by atoms with van der Waals surface area (Å²) in [7, 11) is 0. The summed E-state index contributed by atoms with van der Waals surface area (Å²) in [5, 5.41) is 6.65. The fourth-order valence-electron chi connectivity index (χ4n) is 3.17. The van der Waals surface area contributed by atoms with Gasteiger partial charge in [0.05, 0.1) is 17.9 Å². The van der Waals surface area contributed by atoms with Crippen LogP contribution < -0.4 is 15.0 Å². The Hall–Kier alpha value is -3.68. The lowest BCUT2D eigenvalue weighted by molar-refractivity contribution is -0.121. The molecule has 148 valence electrons. The first-order chi connectivity index (χ1) is 13.9. The van der Waals surface area contributed by atoms with E-state index >= 15 is 0 Å². The second-order valence-electron chi connectivity index (χ2n) is 6.72. The highest BCUT2D eigenvalue weighted by atomic mass is 19.1. The minimum Gasteiger partial charge on any atom is -0.482 e. The molecule has 1 aliphatic rings. The molecule has 1 N–H and O–H groups in total. The Balaban J connectivity index is 1.63. The number of nitrogens with one attached hydrogen (secondary N) is 1. The number of hydrogen-bond donors (Lipinski definition) is 1. The molecule has 0 unspecified atom stereocenters. The van der Waals surface area contributed by atoms with Crippen LogP contribution in [0.5, 0.6) is 5.75 Å². The van der Waals surface area contributed by atoms with E-state index in [1.807, 2.05) is 6.92 Å². The van der Waals surface area contributed by atoms with Gasteiger partial charge >= 0.3 is 0 Å². The van der Waals surface area contributed by atoms with Crippen LogP contribution in [0.25, 0.3) is 0 Å². The van der Waals surface area contributed by atoms with Crippen LogP contribution >= 0.6 is 0 Å². The summed E-state index contributed by atoms with van der Waals surface area (Å²) in [6, 6.07) is 10.4. The van der Waals surface area contributed by atoms with Gasteiger partial charge in [0.1, 0.15) is 17.3 Å². The summed E-state index contributed by atoms with van der Waals surface area (Å²) < 4.78 is 24.1. The van der Waals surface area contributed by atoms with E-state index in [1.54, 1.807) is 30.0 Å². The van der Waals surface area contributed by atoms with Crippen LogP contribution in [0.3, 0.4) is 0 Å². The van der Waals surface area contributed by atoms with E-state index in [0.29, 0.717) is 28.6 Å². The fourth-order valence-corrected chi connectivity index (χ4v) is 3.17. The largest absolute Gasteiger partial charge is 0.482 e. The van der Waals surface area contributed by atoms with Gasteiger partial charge in [-0.05, 0) is 50.2 Å². The number of ether oxygens (including phenoxy) is 1. The van der Waals surface area contributed by atoms with Crippen molar-refractivity contribution in [3.8, 4) is 5.75 Å². The second-order valence-corrected chi connectivity index (χ2v) is 6.72. The molecular weight excluding hydrogens is 377 g/mol. The number of nitrogens with zero attached hydrogens (tertiary/aromatic N) is 2. The first kappa shape index (κ1) is 18.7. The van der Waals surface area contributed by atoms with E-state index in [9.17, 15) is 14.0 Å². The van der Waals surface area contributed by atoms with E-state index in [-0.39, 0.29) is 24.6 Å². The van der Waals surface area contributed by atoms with Gasteiger partial charge in [0.2, 0.25) is 0 Å². The lowest BCUT2D eigenvalue weighted by Crippen LogP contribution is -2.38. The van der Waals surface area contributed by atoms with E-state index in [0.717, 1.165) is 11.6 Å². The Kier molecular flexibility index (Phi) is 4.75. The molecule has 0 atom stereocenters. The SMILES string of the molecule is Cc1noc(C)c1CN1C(=O)COc2ccc(NC(=O)c3cccc(F)c3)cc21. The molecule has 1 aromatic heterocycles. The molecule has 0 spiro atoms. The van der Waals surface area contributed by atoms with Crippen molar-refractivity contribution >= 4 is 23.2 Å². The summed E-state index contributed by atoms with van der Waals surface area (Å²) >= 11 is 0. The molecule has 4 rings (SSSR count). The molecule has 0 aliphatic carbocycles. The van der Waals surface area contributed by atoms with Crippen LogP contribution in [0, 0.1) is 19.7 Å². The summed E-state index contributed by atoms with van der Waals surface area (Å²) in [5.41, 5.74) is 2.71. The van der Waals surface area contributed by atoms with Gasteiger partial charge in [-0.1, -0.05) is 11.2 Å². The third-order valence-electron chi connectivity index (χ3n) is 4.74. The lowest BCUT2D eigenvalue weighted by Gasteiger charge is -2.29. The molecular formula is C21H18FN3O4. The zero-order chi connectivity index (χ0) is 20.5. The summed E-state index contributed by atoms with van der Waals surface area (Å²) in [6.07, 6.45) is 0. The normalized spacial score (nSPS) is 13.1. The number of halogens is 1. The highest BCUT2D eigenvalue weighted by molar-refractivity contribution is 6.05. The Morgan fingerprint density at radius 1 is 1.24 bits per heavy atom. The van der Waals surface area contributed by atoms with Crippen LogP contribution in [0.2, 0.25) is 0 Å². The summed E-state index contributed by atoms with van der Waals surface area (Å²) in [4.78, 5) is 26.5. The third kappa shape index (κ3) is 3.69. The minimum atomic E-state index is -0.493. The Morgan fingerprint density at radius 2 is 2.07 bits per heavy atom. The lowest BCUT2D eigenvalue weighted by atomic mass is 10.1. The quantitative estimate of drug-likeness (QED) is 0.730. The zero-order valence-electron chi connectivity index (χ0n) is 15.9. The second kappa shape index (κ2) is 7.38. The third-order valence-corrected chi connectivity index (χ3v) is 4.74. The zero-order valence-corrected chi connectivity index (χ0v) is 15.9. The van der Waals surface area contributed by atoms with Crippen molar-refractivity contribution in [2.45, 2.75) is 20.4 Å². The van der Waals surface area contributed by atoms with Crippen molar-refractivity contribution < 1.29 is 23.2 Å². The summed E-state index contributed by atoms with van der Waals surface area (Å²) in [5.74, 6) is 0.00243. The highest BCUT2D eigenvalue weighted by Gasteiger charge is 2.28. The number of carbonyl (C=O) groups excluding carboxylic acids is 2. The molecule has 29 heavy (non-hydrogen) atoms. The number of aromatic nitrogens is 1. The van der Waals surface area contributed by atoms with Crippen LogP contribution in [-0.2, 0) is 11.3 Å². The van der Waals surface area contributed by atoms with Gasteiger partial charge in [-0.2, -0.15) is 0 Å². The Morgan fingerprint density at radius 3 is 2.79 bits per heavy atom. The molecule has 0 fully saturated rings. The van der Waals surface area contributed by atoms with Gasteiger partial charge in [-0.25, -0.2) is 4.39 Å². The molecule has 0 radical (unpaired) electrons. The van der Waals surface area contributed by atoms with Crippen LogP contribution in [0.1, 0.15) is 27.4 Å². The predicted octanol–water partition coefficient (Wildman–Crippen LogP) is 3.61. The van der Waals surface area contributed by atoms with Crippen molar-refractivity contribution in [1.82, 2.24) is 5.16 Å². The van der Waals surface area contributed by atoms with Crippen LogP contribution in [0.4, 0.5) is 15.8 Å². The maximum atomic E-state index is 13.4. The number of aryl methyl sites for hydroxylation is 2. The van der Waals surface area contributed by atoms with Crippen molar-refractivity contribution in [3.63, 3.8) is 0 Å². The first-order valence-electron chi connectivity index (χ1n) is 8.98. The number of fused-ring (bicyclic) bond motifs is 1. The highest BCUT2D eigenvalue weighted by Crippen LogP contribution is 2.36. The Bertz CT molecular complexity index is 1090. The number of benzene rings is 2. The van der Waals surface area contributed by atoms with Gasteiger partial charge in [0.25, 0.3) is 11.8 Å². The standard InChI is InChI=1S/C21H18FN3O4/c1-12-17(13(2)29-24-12)10-25-18-9-16(6-7-19(18)28-11-20(25)26)23-21(27)14-4-3-5-15(22)8-14/h3-9H,10-11H2,1-2H3,(H,23,27). The van der Waals surface area contributed by atoms with Crippen molar-refractivity contribution in [3.05, 3.63) is 70.9 Å². The molecule has 1 aliphatic heterocycles. The van der Waals surface area contributed by atoms with Gasteiger partial charge in [-0.3, -0.25) is 9.59 Å². The number of amides is 2. The molecule has 0 saturated heterocycles. The van der Waals surface area contributed by atoms with Crippen LogP contribution in [-0.4, -0.2) is 23.6 Å². The molecule has 2 aromatic carbocycles. The van der Waals surface area contributed by atoms with E-state index < -0.39 is 11.7 Å². The Labute approximate surface area is 166 Å². The van der Waals surface area contributed by atoms with E-state index in [1.165, 1.54) is 18.2 Å². The number of hydrogen-bond acceptors (Lipinski definition) is 5. The van der Waals surface area contributed by atoms with Crippen molar-refractivity contribution in [1.29, 1.82) is 0 Å². The van der Waals surface area contributed by atoms with Gasteiger partial charge in [-0.15, -0.1) is 0 Å². The van der Waals surface area contributed by atoms with Crippen LogP contribution in [0.15, 0.2) is 47.0 Å². The molecule has 2 heterocycles. The van der Waals surface area contributed by atoms with Gasteiger partial charge in [0.15, 0.2) is 6.61 Å². The van der Waals surface area contributed by atoms with Crippen molar-refractivity contribution in [2.24, 2.45) is 0 Å². The molecule has 0 bridgehead atoms. The van der Waals surface area contributed by atoms with E-state index in [2.05, 4.69) is 10.5 Å². The minimum absolute atomic E-state index is 0.0780. The average molecular weight is 395 g/mol. The monoisotopic (exact) mass is 395 g/mol. The average Bonchev–Trinajstić information content (AvgIpc) is 3.02. The maximum Gasteiger partial charge on any atom is 0.265 e. The van der Waals surface area contributed by atoms with Crippen molar-refractivity contribution in [2.75, 3.05) is 16.8 Å². The van der Waals surface area contributed by atoms with Gasteiger partial charge < -0.3 is 19.5 Å². The maximum absolute atomic E-state index is 13.4. The molecule has 7 nitrogen and oxygen atoms in total. The van der Waals surface area contributed by atoms with Gasteiger partial charge in [0, 0.05) is 16.8 Å². The smallest absolute Gasteiger partial charge is 0.265 e. The summed E-state index contributed by atoms with van der Waals surface area (Å²) in [6.45, 7) is 3.80. The fraction of sp³-hybridized carbons (Fsp3) is 0.190. The number of anilines is 2. The number of carbonyl (C=O) groups is 2.